The molecule has 1 aliphatic heterocycles. The van der Waals surface area contributed by atoms with E-state index < -0.39 is 43.0 Å². The van der Waals surface area contributed by atoms with Crippen LogP contribution in [0.15, 0.2) is 24.3 Å². The number of likely N-dealkylation sites (tertiary alicyclic amines) is 1. The molecule has 1 heterocycles. The number of hydrogen-bond donors (Lipinski definition) is 1. The SMILES string of the molecule is CCc1ccc(C(=O)N2C[C@@H](C(F)(F)F)[C@H](C(=O)O)C2)cc1. The van der Waals surface area contributed by atoms with Gasteiger partial charge in [-0.3, -0.25) is 9.59 Å². The summed E-state index contributed by atoms with van der Waals surface area (Å²) in [5, 5.41) is 8.95. The Hall–Kier alpha value is -2.05. The highest BCUT2D eigenvalue weighted by atomic mass is 19.4. The zero-order valence-electron chi connectivity index (χ0n) is 11.9. The first kappa shape index (κ1) is 16.3. The normalized spacial score (nSPS) is 21.9. The predicted molar refractivity (Wildman–Crippen MR) is 72.4 cm³/mol. The predicted octanol–water partition coefficient (Wildman–Crippen LogP) is 2.58. The van der Waals surface area contributed by atoms with E-state index in [0.29, 0.717) is 0 Å². The second-order valence-corrected chi connectivity index (χ2v) is 5.35. The number of amides is 1. The van der Waals surface area contributed by atoms with Crippen molar-refractivity contribution in [3.8, 4) is 0 Å². The van der Waals surface area contributed by atoms with Gasteiger partial charge in [0.15, 0.2) is 0 Å². The lowest BCUT2D eigenvalue weighted by Gasteiger charge is -2.18. The largest absolute Gasteiger partial charge is 0.481 e. The first-order valence-corrected chi connectivity index (χ1v) is 6.91. The van der Waals surface area contributed by atoms with E-state index in [2.05, 4.69) is 0 Å². The van der Waals surface area contributed by atoms with Gasteiger partial charge in [-0.25, -0.2) is 0 Å². The fourth-order valence-electron chi connectivity index (χ4n) is 2.62. The summed E-state index contributed by atoms with van der Waals surface area (Å²) in [4.78, 5) is 24.2. The zero-order chi connectivity index (χ0) is 16.5. The van der Waals surface area contributed by atoms with Gasteiger partial charge < -0.3 is 10.0 Å². The molecule has 0 unspecified atom stereocenters. The lowest BCUT2D eigenvalue weighted by Crippen LogP contribution is -2.34. The number of nitrogens with zero attached hydrogens (tertiary/aromatic N) is 1. The van der Waals surface area contributed by atoms with E-state index in [-0.39, 0.29) is 5.56 Å². The molecule has 0 saturated carbocycles. The Morgan fingerprint density at radius 3 is 2.23 bits per heavy atom. The molecule has 1 N–H and O–H groups in total. The van der Waals surface area contributed by atoms with E-state index in [1.54, 1.807) is 24.3 Å². The van der Waals surface area contributed by atoms with E-state index in [9.17, 15) is 22.8 Å². The van der Waals surface area contributed by atoms with Crippen LogP contribution in [-0.2, 0) is 11.2 Å². The van der Waals surface area contributed by atoms with E-state index in [0.717, 1.165) is 16.9 Å². The van der Waals surface area contributed by atoms with Gasteiger partial charge in [0.05, 0.1) is 11.8 Å². The molecule has 22 heavy (non-hydrogen) atoms. The first-order chi connectivity index (χ1) is 10.2. The minimum absolute atomic E-state index is 0.268. The molecule has 1 saturated heterocycles. The highest BCUT2D eigenvalue weighted by molar-refractivity contribution is 5.95. The number of halogens is 3. The molecule has 0 bridgehead atoms. The van der Waals surface area contributed by atoms with Gasteiger partial charge in [0, 0.05) is 18.7 Å². The Balaban J connectivity index is 2.18. The highest BCUT2D eigenvalue weighted by Crippen LogP contribution is 2.38. The maximum absolute atomic E-state index is 12.9. The molecule has 1 aromatic rings. The standard InChI is InChI=1S/C15H16F3NO3/c1-2-9-3-5-10(6-4-9)13(20)19-7-11(14(21)22)12(8-19)15(16,17)18/h3-6,11-12H,2,7-8H2,1H3,(H,21,22)/t11-,12-/m1/s1. The number of carbonyl (C=O) groups excluding carboxylic acids is 1. The van der Waals surface area contributed by atoms with Gasteiger partial charge in [-0.05, 0) is 24.1 Å². The van der Waals surface area contributed by atoms with Gasteiger partial charge in [0.25, 0.3) is 5.91 Å². The topological polar surface area (TPSA) is 57.6 Å². The van der Waals surface area contributed by atoms with Crippen LogP contribution in [0.4, 0.5) is 13.2 Å². The number of rotatable bonds is 3. The Kier molecular flexibility index (Phi) is 4.44. The second-order valence-electron chi connectivity index (χ2n) is 5.35. The fourth-order valence-corrected chi connectivity index (χ4v) is 2.62. The van der Waals surface area contributed by atoms with Gasteiger partial charge in [0.1, 0.15) is 0 Å². The fraction of sp³-hybridized carbons (Fsp3) is 0.467. The van der Waals surface area contributed by atoms with Crippen molar-refractivity contribution in [2.75, 3.05) is 13.1 Å². The number of carbonyl (C=O) groups is 2. The van der Waals surface area contributed by atoms with Gasteiger partial charge in [-0.1, -0.05) is 19.1 Å². The molecular weight excluding hydrogens is 299 g/mol. The Bertz CT molecular complexity index is 568. The van der Waals surface area contributed by atoms with Crippen molar-refractivity contribution in [1.82, 2.24) is 4.90 Å². The third-order valence-electron chi connectivity index (χ3n) is 3.95. The van der Waals surface area contributed by atoms with Crippen molar-refractivity contribution in [3.05, 3.63) is 35.4 Å². The van der Waals surface area contributed by atoms with Crippen LogP contribution in [-0.4, -0.2) is 41.1 Å². The molecule has 0 aliphatic carbocycles. The molecule has 1 aromatic carbocycles. The van der Waals surface area contributed by atoms with E-state index in [1.807, 2.05) is 6.92 Å². The van der Waals surface area contributed by atoms with E-state index in [4.69, 9.17) is 5.11 Å². The number of aliphatic carboxylic acids is 1. The minimum Gasteiger partial charge on any atom is -0.481 e. The minimum atomic E-state index is -4.63. The van der Waals surface area contributed by atoms with Crippen LogP contribution in [0.5, 0.6) is 0 Å². The van der Waals surface area contributed by atoms with E-state index in [1.165, 1.54) is 0 Å². The summed E-state index contributed by atoms with van der Waals surface area (Å²) in [6.07, 6.45) is -3.85. The molecule has 1 aliphatic rings. The zero-order valence-corrected chi connectivity index (χ0v) is 11.9. The molecule has 0 radical (unpaired) electrons. The molecule has 120 valence electrons. The summed E-state index contributed by atoms with van der Waals surface area (Å²) in [5.41, 5.74) is 1.28. The Labute approximate surface area is 125 Å². The molecule has 2 rings (SSSR count). The summed E-state index contributed by atoms with van der Waals surface area (Å²) >= 11 is 0. The number of carboxylic acid groups (broad SMARTS) is 1. The smallest absolute Gasteiger partial charge is 0.394 e. The Morgan fingerprint density at radius 2 is 1.82 bits per heavy atom. The number of hydrogen-bond acceptors (Lipinski definition) is 2. The van der Waals surface area contributed by atoms with Crippen molar-refractivity contribution in [2.24, 2.45) is 11.8 Å². The van der Waals surface area contributed by atoms with Crippen LogP contribution in [0.3, 0.4) is 0 Å². The molecule has 2 atom stereocenters. The quantitative estimate of drug-likeness (QED) is 0.933. The lowest BCUT2D eigenvalue weighted by molar-refractivity contribution is -0.187. The van der Waals surface area contributed by atoms with Crippen LogP contribution in [0.1, 0.15) is 22.8 Å². The van der Waals surface area contributed by atoms with Crippen molar-refractivity contribution in [1.29, 1.82) is 0 Å². The van der Waals surface area contributed by atoms with Crippen molar-refractivity contribution in [2.45, 2.75) is 19.5 Å². The molecule has 0 spiro atoms. The summed E-state index contributed by atoms with van der Waals surface area (Å²) in [6, 6.07) is 6.58. The molecule has 4 nitrogen and oxygen atoms in total. The molecule has 7 heteroatoms. The molecule has 1 amide bonds. The lowest BCUT2D eigenvalue weighted by atomic mass is 9.96. The summed E-state index contributed by atoms with van der Waals surface area (Å²) in [5.74, 6) is -5.73. The summed E-state index contributed by atoms with van der Waals surface area (Å²) in [6.45, 7) is 0.908. The van der Waals surface area contributed by atoms with Gasteiger partial charge >= 0.3 is 12.1 Å². The molecule has 1 fully saturated rings. The molecule has 0 aromatic heterocycles. The third-order valence-corrected chi connectivity index (χ3v) is 3.95. The average molecular weight is 315 g/mol. The van der Waals surface area contributed by atoms with Crippen LogP contribution < -0.4 is 0 Å². The highest BCUT2D eigenvalue weighted by Gasteiger charge is 2.53. The van der Waals surface area contributed by atoms with Crippen LogP contribution in [0, 0.1) is 11.8 Å². The van der Waals surface area contributed by atoms with Crippen LogP contribution in [0.25, 0.3) is 0 Å². The number of aryl methyl sites for hydroxylation is 1. The monoisotopic (exact) mass is 315 g/mol. The maximum atomic E-state index is 12.9. The van der Waals surface area contributed by atoms with Gasteiger partial charge in [-0.2, -0.15) is 13.2 Å². The van der Waals surface area contributed by atoms with E-state index >= 15 is 0 Å². The Morgan fingerprint density at radius 1 is 1.23 bits per heavy atom. The third kappa shape index (κ3) is 3.23. The van der Waals surface area contributed by atoms with Crippen molar-refractivity contribution < 1.29 is 27.9 Å². The number of benzene rings is 1. The first-order valence-electron chi connectivity index (χ1n) is 6.91. The summed E-state index contributed by atoms with van der Waals surface area (Å²) in [7, 11) is 0. The van der Waals surface area contributed by atoms with Gasteiger partial charge in [0.2, 0.25) is 0 Å². The van der Waals surface area contributed by atoms with Crippen molar-refractivity contribution >= 4 is 11.9 Å². The van der Waals surface area contributed by atoms with Crippen molar-refractivity contribution in [3.63, 3.8) is 0 Å². The second kappa shape index (κ2) is 5.98. The van der Waals surface area contributed by atoms with Crippen LogP contribution >= 0.6 is 0 Å². The van der Waals surface area contributed by atoms with Gasteiger partial charge in [-0.15, -0.1) is 0 Å². The average Bonchev–Trinajstić information content (AvgIpc) is 2.92. The van der Waals surface area contributed by atoms with Crippen LogP contribution in [0.2, 0.25) is 0 Å². The number of carboxylic acids is 1. The number of alkyl halides is 3. The summed E-state index contributed by atoms with van der Waals surface area (Å²) < 4.78 is 38.7. The maximum Gasteiger partial charge on any atom is 0.394 e. The molecular formula is C15H16F3NO3.